The maximum absolute atomic E-state index is 12.7. The van der Waals surface area contributed by atoms with Crippen LogP contribution in [0, 0.1) is 5.41 Å². The van der Waals surface area contributed by atoms with E-state index in [9.17, 15) is 22.0 Å². The van der Waals surface area contributed by atoms with Crippen LogP contribution in [0.15, 0.2) is 0 Å². The van der Waals surface area contributed by atoms with E-state index >= 15 is 0 Å². The molecule has 0 aromatic carbocycles. The minimum absolute atomic E-state index is 0.0309. The SMILES string of the molecule is C[I-]CC(C)(C)C(=O)OCCCCCCCCOC(F)(F)S(=O)(=O)O. The molecule has 152 valence electrons. The molecule has 0 fully saturated rings. The van der Waals surface area contributed by atoms with Crippen LogP contribution < -0.4 is 21.2 Å². The predicted octanol–water partition coefficient (Wildman–Crippen LogP) is 0.0699. The molecule has 0 bridgehead atoms. The molecule has 0 heterocycles. The molecule has 0 aliphatic rings. The Morgan fingerprint density at radius 2 is 1.52 bits per heavy atom. The molecule has 0 aliphatic heterocycles. The summed E-state index contributed by atoms with van der Waals surface area (Å²) in [6.45, 7) is 3.73. The fraction of sp³-hybridized carbons (Fsp3) is 0.933. The van der Waals surface area contributed by atoms with Crippen LogP contribution in [-0.4, -0.2) is 47.0 Å². The van der Waals surface area contributed by atoms with Crippen molar-refractivity contribution in [1.29, 1.82) is 0 Å². The van der Waals surface area contributed by atoms with Gasteiger partial charge in [-0.3, -0.25) is 4.55 Å². The summed E-state index contributed by atoms with van der Waals surface area (Å²) in [5.41, 5.74) is -4.96. The third-order valence-corrected chi connectivity index (χ3v) is 6.75. The average molecular weight is 501 g/mol. The number of unbranched alkanes of at least 4 members (excludes halogenated alkanes) is 5. The summed E-state index contributed by atoms with van der Waals surface area (Å²) < 4.78 is 64.4. The standard InChI is InChI=1S/C15H28F2IO6S/c1-14(2,12-18-3)13(19)23-10-8-6-4-5-7-9-11-24-15(16,17)25(20,21)22/h4-12H2,1-3H3,(H,20,21,22)/q-1. The van der Waals surface area contributed by atoms with Gasteiger partial charge in [0.2, 0.25) is 0 Å². The number of esters is 1. The van der Waals surface area contributed by atoms with Crippen molar-refractivity contribution in [1.82, 2.24) is 0 Å². The van der Waals surface area contributed by atoms with Gasteiger partial charge in [-0.2, -0.15) is 17.2 Å². The second-order valence-electron chi connectivity index (χ2n) is 6.33. The minimum Gasteiger partial charge on any atom is -0.306 e. The Bertz CT molecular complexity index is 496. The van der Waals surface area contributed by atoms with E-state index in [0.29, 0.717) is 13.0 Å². The number of rotatable bonds is 14. The summed E-state index contributed by atoms with van der Waals surface area (Å²) in [6, 6.07) is 0. The van der Waals surface area contributed by atoms with Crippen molar-refractivity contribution >= 4 is 16.1 Å². The summed E-state index contributed by atoms with van der Waals surface area (Å²) in [6.07, 6.45) is 4.12. The third-order valence-electron chi connectivity index (χ3n) is 3.36. The van der Waals surface area contributed by atoms with Crippen molar-refractivity contribution in [3.8, 4) is 0 Å². The molecule has 1 N–H and O–H groups in total. The van der Waals surface area contributed by atoms with Gasteiger partial charge in [0, 0.05) is 0 Å². The zero-order valence-electron chi connectivity index (χ0n) is 14.9. The summed E-state index contributed by atoms with van der Waals surface area (Å²) in [5, 5.41) is 0. The van der Waals surface area contributed by atoms with E-state index in [1.807, 2.05) is 13.8 Å². The fourth-order valence-corrected chi connectivity index (χ4v) is 4.38. The van der Waals surface area contributed by atoms with Gasteiger partial charge in [0.1, 0.15) is 0 Å². The van der Waals surface area contributed by atoms with E-state index in [1.165, 1.54) is 0 Å². The van der Waals surface area contributed by atoms with E-state index in [2.05, 4.69) is 9.67 Å². The average Bonchev–Trinajstić information content (AvgIpc) is 2.47. The van der Waals surface area contributed by atoms with Crippen LogP contribution in [0.5, 0.6) is 0 Å². The Morgan fingerprint density at radius 1 is 1.04 bits per heavy atom. The zero-order valence-corrected chi connectivity index (χ0v) is 17.9. The molecule has 0 aliphatic carbocycles. The Labute approximate surface area is 159 Å². The number of halogens is 3. The molecular weight excluding hydrogens is 473 g/mol. The molecule has 0 aromatic heterocycles. The van der Waals surface area contributed by atoms with Crippen molar-refractivity contribution in [2.24, 2.45) is 5.41 Å². The van der Waals surface area contributed by atoms with E-state index in [4.69, 9.17) is 9.29 Å². The number of ether oxygens (including phenoxy) is 2. The first-order chi connectivity index (χ1) is 11.4. The minimum atomic E-state index is -5.53. The summed E-state index contributed by atoms with van der Waals surface area (Å²) >= 11 is 0.0309. The zero-order chi connectivity index (χ0) is 19.6. The molecular formula is C15H28F2IO6S-. The second-order valence-corrected chi connectivity index (χ2v) is 10.0. The monoisotopic (exact) mass is 501 g/mol. The third kappa shape index (κ3) is 10.6. The van der Waals surface area contributed by atoms with Crippen molar-refractivity contribution < 1.29 is 57.2 Å². The molecule has 10 heteroatoms. The second kappa shape index (κ2) is 11.6. The number of carbonyl (C=O) groups excluding carboxylic acids is 1. The number of hydrogen-bond acceptors (Lipinski definition) is 5. The Hall–Kier alpha value is -0.0700. The van der Waals surface area contributed by atoms with Crippen LogP contribution in [-0.2, 0) is 24.4 Å². The van der Waals surface area contributed by atoms with Crippen molar-refractivity contribution in [2.75, 3.05) is 22.6 Å². The Morgan fingerprint density at radius 3 is 2.00 bits per heavy atom. The molecule has 0 saturated carbocycles. The van der Waals surface area contributed by atoms with E-state index in [1.54, 1.807) is 0 Å². The Balaban J connectivity index is 3.62. The van der Waals surface area contributed by atoms with Gasteiger partial charge in [-0.25, -0.2) is 0 Å². The van der Waals surface area contributed by atoms with Crippen molar-refractivity contribution in [2.45, 2.75) is 57.8 Å². The molecule has 0 spiro atoms. The molecule has 0 unspecified atom stereocenters. The molecule has 6 nitrogen and oxygen atoms in total. The van der Waals surface area contributed by atoms with E-state index in [0.717, 1.165) is 30.1 Å². The summed E-state index contributed by atoms with van der Waals surface area (Å²) in [4.78, 5) is 14.0. The van der Waals surface area contributed by atoms with Crippen LogP contribution in [0.3, 0.4) is 0 Å². The number of carbonyl (C=O) groups is 1. The van der Waals surface area contributed by atoms with Gasteiger partial charge in [-0.1, -0.05) is 0 Å². The number of alkyl halides is 4. The molecule has 0 amide bonds. The quantitative estimate of drug-likeness (QED) is 0.119. The number of hydrogen-bond donors (Lipinski definition) is 1. The van der Waals surface area contributed by atoms with Gasteiger partial charge in [0.05, 0.1) is 0 Å². The molecule has 0 radical (unpaired) electrons. The van der Waals surface area contributed by atoms with Crippen LogP contribution in [0.25, 0.3) is 0 Å². The van der Waals surface area contributed by atoms with Gasteiger partial charge in [-0.05, 0) is 0 Å². The molecule has 0 saturated heterocycles. The van der Waals surface area contributed by atoms with Gasteiger partial charge in [-0.15, -0.1) is 0 Å². The summed E-state index contributed by atoms with van der Waals surface area (Å²) in [7, 11) is -5.53. The molecule has 0 atom stereocenters. The summed E-state index contributed by atoms with van der Waals surface area (Å²) in [5.74, 6) is -0.161. The van der Waals surface area contributed by atoms with Crippen LogP contribution in [0.2, 0.25) is 0 Å². The van der Waals surface area contributed by atoms with Gasteiger partial charge in [0.25, 0.3) is 0 Å². The topological polar surface area (TPSA) is 89.9 Å². The first-order valence-corrected chi connectivity index (χ1v) is 13.2. The first-order valence-electron chi connectivity index (χ1n) is 8.04. The van der Waals surface area contributed by atoms with Crippen molar-refractivity contribution in [3.63, 3.8) is 0 Å². The van der Waals surface area contributed by atoms with E-state index in [-0.39, 0.29) is 33.6 Å². The van der Waals surface area contributed by atoms with Crippen LogP contribution >= 0.6 is 0 Å². The van der Waals surface area contributed by atoms with Crippen molar-refractivity contribution in [3.05, 3.63) is 0 Å². The van der Waals surface area contributed by atoms with Crippen LogP contribution in [0.1, 0.15) is 52.4 Å². The fourth-order valence-electron chi connectivity index (χ4n) is 1.93. The van der Waals surface area contributed by atoms with Gasteiger partial charge >= 0.3 is 133 Å². The molecule has 0 rings (SSSR count). The molecule has 0 aromatic rings. The predicted molar refractivity (Wildman–Crippen MR) is 85.7 cm³/mol. The van der Waals surface area contributed by atoms with Crippen LogP contribution in [0.4, 0.5) is 8.78 Å². The maximum atomic E-state index is 12.7. The first kappa shape index (κ1) is 24.9. The van der Waals surface area contributed by atoms with E-state index < -0.39 is 27.6 Å². The molecule has 25 heavy (non-hydrogen) atoms. The Kier molecular flexibility index (Phi) is 11.6. The van der Waals surface area contributed by atoms with Gasteiger partial charge < -0.3 is 4.74 Å². The smallest absolute Gasteiger partial charge is 0.306 e. The normalized spacial score (nSPS) is 13.2. The van der Waals surface area contributed by atoms with Gasteiger partial charge in [0.15, 0.2) is 0 Å².